The zero-order valence-electron chi connectivity index (χ0n) is 14.9. The molecule has 0 saturated heterocycles. The molecule has 28 heavy (non-hydrogen) atoms. The van der Waals surface area contributed by atoms with Crippen LogP contribution in [0.25, 0.3) is 10.2 Å². The Hall–Kier alpha value is -1.66. The maximum Gasteiger partial charge on any atom is 0.276 e. The molecule has 9 heteroatoms. The lowest BCUT2D eigenvalue weighted by Gasteiger charge is -2.10. The zero-order chi connectivity index (χ0) is 20.3. The van der Waals surface area contributed by atoms with Crippen LogP contribution in [-0.4, -0.2) is 40.4 Å². The number of fused-ring (bicyclic) bond motifs is 1. The first-order valence-corrected chi connectivity index (χ1v) is 10.3. The molecule has 0 unspecified atom stereocenters. The summed E-state index contributed by atoms with van der Waals surface area (Å²) in [6.45, 7) is 1.15. The van der Waals surface area contributed by atoms with Gasteiger partial charge in [0.05, 0.1) is 12.2 Å². The fourth-order valence-electron chi connectivity index (χ4n) is 2.73. The third-order valence-electron chi connectivity index (χ3n) is 4.12. The summed E-state index contributed by atoms with van der Waals surface area (Å²) in [5, 5.41) is 18.9. The number of carbonyl (C=O) groups is 1. The highest BCUT2D eigenvalue weighted by Gasteiger charge is 2.22. The number of aliphatic hydroxyl groups excluding tert-OH is 2. The highest BCUT2D eigenvalue weighted by atomic mass is 127. The lowest BCUT2D eigenvalue weighted by Crippen LogP contribution is -2.30. The van der Waals surface area contributed by atoms with E-state index in [4.69, 9.17) is 9.94 Å². The van der Waals surface area contributed by atoms with Crippen LogP contribution in [0.5, 0.6) is 0 Å². The van der Waals surface area contributed by atoms with E-state index in [1.165, 1.54) is 17.4 Å². The number of halogens is 2. The topological polar surface area (TPSA) is 91.7 Å². The van der Waals surface area contributed by atoms with Crippen LogP contribution < -0.4 is 5.48 Å². The van der Waals surface area contributed by atoms with E-state index < -0.39 is 18.6 Å². The van der Waals surface area contributed by atoms with Gasteiger partial charge in [0.2, 0.25) is 0 Å². The van der Waals surface area contributed by atoms with E-state index in [1.54, 1.807) is 18.3 Å². The van der Waals surface area contributed by atoms with Crippen LogP contribution in [0.4, 0.5) is 4.39 Å². The highest BCUT2D eigenvalue weighted by molar-refractivity contribution is 14.1. The second kappa shape index (κ2) is 9.23. The normalized spacial score (nSPS) is 12.3. The summed E-state index contributed by atoms with van der Waals surface area (Å²) >= 11 is 3.38. The smallest absolute Gasteiger partial charge is 0.276 e. The molecule has 0 aliphatic carbocycles. The second-order valence-corrected chi connectivity index (χ2v) is 8.53. The van der Waals surface area contributed by atoms with Gasteiger partial charge >= 0.3 is 0 Å². The molecule has 3 aromatic rings. The van der Waals surface area contributed by atoms with E-state index >= 15 is 0 Å². The van der Waals surface area contributed by atoms with Gasteiger partial charge in [0, 0.05) is 26.5 Å². The predicted molar refractivity (Wildman–Crippen MR) is 113 cm³/mol. The average molecular weight is 516 g/mol. The molecule has 6 nitrogen and oxygen atoms in total. The van der Waals surface area contributed by atoms with Crippen molar-refractivity contribution >= 4 is 50.1 Å². The Morgan fingerprint density at radius 3 is 2.93 bits per heavy atom. The first-order valence-electron chi connectivity index (χ1n) is 8.42. The van der Waals surface area contributed by atoms with Crippen molar-refractivity contribution in [3.05, 3.63) is 61.4 Å². The maximum atomic E-state index is 14.3. The number of nitrogens with one attached hydrogen (secondary N) is 1. The first kappa shape index (κ1) is 21.1. The molecule has 1 atom stereocenters. The average Bonchev–Trinajstić information content (AvgIpc) is 3.03. The Balaban J connectivity index is 1.96. The molecule has 0 aliphatic rings. The van der Waals surface area contributed by atoms with E-state index in [0.29, 0.717) is 26.2 Å². The fourth-order valence-corrected chi connectivity index (χ4v) is 4.42. The van der Waals surface area contributed by atoms with Crippen molar-refractivity contribution in [1.82, 2.24) is 10.5 Å². The standard InChI is InChI=1S/C19H18FIN2O4S/c1-10-4-5-22-19-16(10)17(18(26)23-27-9-13(25)8-24)15(28-19)6-11-2-3-12(21)7-14(11)20/h2-5,7,13,24-25H,6,8-9H2,1H3,(H,23,26)/t13-/m0/s1. The third kappa shape index (κ3) is 4.66. The quantitative estimate of drug-likeness (QED) is 0.332. The summed E-state index contributed by atoms with van der Waals surface area (Å²) in [5.74, 6) is -0.837. The monoisotopic (exact) mass is 516 g/mol. The highest BCUT2D eigenvalue weighted by Crippen LogP contribution is 2.34. The number of thiophene rings is 1. The van der Waals surface area contributed by atoms with Gasteiger partial charge in [0.15, 0.2) is 0 Å². The number of hydroxylamine groups is 1. The van der Waals surface area contributed by atoms with Gasteiger partial charge in [0.1, 0.15) is 23.4 Å². The SMILES string of the molecule is Cc1ccnc2sc(Cc3ccc(I)cc3F)c(C(=O)NOC[C@@H](O)CO)c12. The Morgan fingerprint density at radius 1 is 1.43 bits per heavy atom. The molecule has 0 aliphatic heterocycles. The number of aliphatic hydroxyl groups is 2. The number of pyridine rings is 1. The molecule has 0 radical (unpaired) electrons. The molecule has 0 spiro atoms. The van der Waals surface area contributed by atoms with Gasteiger partial charge in [-0.1, -0.05) is 6.07 Å². The molecule has 3 N–H and O–H groups in total. The van der Waals surface area contributed by atoms with Crippen LogP contribution in [0.1, 0.15) is 26.4 Å². The summed E-state index contributed by atoms with van der Waals surface area (Å²) in [4.78, 5) is 23.5. The largest absolute Gasteiger partial charge is 0.394 e. The zero-order valence-corrected chi connectivity index (χ0v) is 17.9. The fraction of sp³-hybridized carbons (Fsp3) is 0.263. The molecule has 148 valence electrons. The first-order chi connectivity index (χ1) is 13.4. The second-order valence-electron chi connectivity index (χ2n) is 6.20. The van der Waals surface area contributed by atoms with E-state index in [9.17, 15) is 14.3 Å². The Morgan fingerprint density at radius 2 is 2.21 bits per heavy atom. The third-order valence-corrected chi connectivity index (χ3v) is 5.89. The van der Waals surface area contributed by atoms with Gasteiger partial charge in [-0.25, -0.2) is 14.9 Å². The summed E-state index contributed by atoms with van der Waals surface area (Å²) in [6.07, 6.45) is 0.813. The minimum Gasteiger partial charge on any atom is -0.394 e. The van der Waals surface area contributed by atoms with Crippen LogP contribution in [0.2, 0.25) is 0 Å². The molecule has 0 bridgehead atoms. The number of aromatic nitrogens is 1. The van der Waals surface area contributed by atoms with Crippen molar-refractivity contribution in [2.75, 3.05) is 13.2 Å². The lowest BCUT2D eigenvalue weighted by atomic mass is 10.0. The van der Waals surface area contributed by atoms with Crippen LogP contribution in [0, 0.1) is 16.3 Å². The van der Waals surface area contributed by atoms with Crippen LogP contribution >= 0.6 is 33.9 Å². The van der Waals surface area contributed by atoms with Crippen molar-refractivity contribution in [1.29, 1.82) is 0 Å². The summed E-state index contributed by atoms with van der Waals surface area (Å²) < 4.78 is 15.1. The lowest BCUT2D eigenvalue weighted by molar-refractivity contribution is -0.0294. The number of rotatable bonds is 7. The van der Waals surface area contributed by atoms with Crippen molar-refractivity contribution in [2.24, 2.45) is 0 Å². The molecule has 0 saturated carbocycles. The van der Waals surface area contributed by atoms with E-state index in [-0.39, 0.29) is 18.8 Å². The van der Waals surface area contributed by atoms with Crippen molar-refractivity contribution in [3.63, 3.8) is 0 Å². The number of amides is 1. The molecule has 0 fully saturated rings. The number of aryl methyl sites for hydroxylation is 1. The number of carbonyl (C=O) groups excluding carboxylic acids is 1. The van der Waals surface area contributed by atoms with Gasteiger partial charge < -0.3 is 10.2 Å². The summed E-state index contributed by atoms with van der Waals surface area (Å²) in [7, 11) is 0. The summed E-state index contributed by atoms with van der Waals surface area (Å²) in [6, 6.07) is 6.77. The van der Waals surface area contributed by atoms with E-state index in [2.05, 4.69) is 10.5 Å². The van der Waals surface area contributed by atoms with Crippen LogP contribution in [0.15, 0.2) is 30.5 Å². The number of hydrogen-bond acceptors (Lipinski definition) is 6. The van der Waals surface area contributed by atoms with E-state index in [1.807, 2.05) is 35.6 Å². The Bertz CT molecular complexity index is 1010. The molecule has 2 aromatic heterocycles. The van der Waals surface area contributed by atoms with Gasteiger partial charge in [-0.05, 0) is 58.8 Å². The molecular formula is C19H18FIN2O4S. The number of benzene rings is 1. The van der Waals surface area contributed by atoms with E-state index in [0.717, 1.165) is 9.13 Å². The van der Waals surface area contributed by atoms with Crippen LogP contribution in [-0.2, 0) is 11.3 Å². The molecule has 1 aromatic carbocycles. The molecule has 2 heterocycles. The Kier molecular flexibility index (Phi) is 6.94. The van der Waals surface area contributed by atoms with Gasteiger partial charge in [-0.15, -0.1) is 11.3 Å². The van der Waals surface area contributed by atoms with Crippen molar-refractivity contribution in [2.45, 2.75) is 19.4 Å². The van der Waals surface area contributed by atoms with Crippen LogP contribution in [0.3, 0.4) is 0 Å². The molecule has 3 rings (SSSR count). The van der Waals surface area contributed by atoms with Gasteiger partial charge in [0.25, 0.3) is 5.91 Å². The van der Waals surface area contributed by atoms with Gasteiger partial charge in [-0.2, -0.15) is 0 Å². The Labute approximate surface area is 178 Å². The summed E-state index contributed by atoms with van der Waals surface area (Å²) in [5.41, 5.74) is 4.02. The number of hydrogen-bond donors (Lipinski definition) is 3. The predicted octanol–water partition coefficient (Wildman–Crippen LogP) is 2.95. The number of nitrogens with zero attached hydrogens (tertiary/aromatic N) is 1. The minimum atomic E-state index is -1.09. The van der Waals surface area contributed by atoms with Crippen molar-refractivity contribution in [3.8, 4) is 0 Å². The minimum absolute atomic E-state index is 0.241. The molecular weight excluding hydrogens is 498 g/mol. The van der Waals surface area contributed by atoms with Crippen molar-refractivity contribution < 1.29 is 24.2 Å². The maximum absolute atomic E-state index is 14.3. The van der Waals surface area contributed by atoms with Gasteiger partial charge in [-0.3, -0.25) is 9.63 Å². The molecule has 1 amide bonds.